The van der Waals surface area contributed by atoms with E-state index in [0.29, 0.717) is 12.1 Å². The fraction of sp³-hybridized carbons (Fsp3) is 0.300. The van der Waals surface area contributed by atoms with Crippen molar-refractivity contribution in [3.05, 3.63) is 33.8 Å². The number of carbonyl (C=O) groups excluding carboxylic acids is 1. The van der Waals surface area contributed by atoms with E-state index in [-0.39, 0.29) is 5.91 Å². The predicted molar refractivity (Wildman–Crippen MR) is 70.1 cm³/mol. The zero-order chi connectivity index (χ0) is 10.6. The number of hydrogen-bond acceptors (Lipinski definition) is 1. The number of alkyl halides is 1. The number of rotatable bonds is 3. The largest absolute Gasteiger partial charge is 0.351 e. The number of hydrogen-bond donors (Lipinski definition) is 1. The van der Waals surface area contributed by atoms with Gasteiger partial charge in [-0.1, -0.05) is 34.2 Å². The smallest absolute Gasteiger partial charge is 0.252 e. The molecular formula is C10H11BrINO. The standard InChI is InChI=1S/C10H11BrINO/c1-7-2-3-9(11)8(6-7)10(14)13-5-4-12/h2-3,6H,4-5H2,1H3,(H,13,14). The lowest BCUT2D eigenvalue weighted by Gasteiger charge is -2.06. The third kappa shape index (κ3) is 3.24. The summed E-state index contributed by atoms with van der Waals surface area (Å²) in [5, 5.41) is 2.84. The molecule has 0 atom stereocenters. The van der Waals surface area contributed by atoms with Crippen molar-refractivity contribution in [2.75, 3.05) is 11.0 Å². The van der Waals surface area contributed by atoms with Gasteiger partial charge >= 0.3 is 0 Å². The second-order valence-electron chi connectivity index (χ2n) is 2.93. The molecule has 2 nitrogen and oxygen atoms in total. The Hall–Kier alpha value is -0.100. The van der Waals surface area contributed by atoms with Crippen LogP contribution in [0.5, 0.6) is 0 Å². The lowest BCUT2D eigenvalue weighted by atomic mass is 10.1. The average Bonchev–Trinajstić information content (AvgIpc) is 2.18. The van der Waals surface area contributed by atoms with E-state index in [1.807, 2.05) is 25.1 Å². The monoisotopic (exact) mass is 367 g/mol. The molecular weight excluding hydrogens is 357 g/mol. The minimum Gasteiger partial charge on any atom is -0.351 e. The molecule has 0 aliphatic carbocycles. The van der Waals surface area contributed by atoms with Gasteiger partial charge in [-0.25, -0.2) is 0 Å². The molecule has 1 aromatic carbocycles. The van der Waals surface area contributed by atoms with Crippen LogP contribution < -0.4 is 5.32 Å². The molecule has 0 saturated heterocycles. The molecule has 0 spiro atoms. The molecule has 14 heavy (non-hydrogen) atoms. The summed E-state index contributed by atoms with van der Waals surface area (Å²) < 4.78 is 1.77. The molecule has 1 amide bonds. The maximum Gasteiger partial charge on any atom is 0.252 e. The SMILES string of the molecule is Cc1ccc(Br)c(C(=O)NCCI)c1. The van der Waals surface area contributed by atoms with E-state index in [9.17, 15) is 4.79 Å². The Balaban J connectivity index is 2.83. The lowest BCUT2D eigenvalue weighted by molar-refractivity contribution is 0.0955. The topological polar surface area (TPSA) is 29.1 Å². The van der Waals surface area contributed by atoms with Crippen LogP contribution in [0.1, 0.15) is 15.9 Å². The first kappa shape index (κ1) is 12.0. The molecule has 0 heterocycles. The Morgan fingerprint density at radius 2 is 2.29 bits per heavy atom. The summed E-state index contributed by atoms with van der Waals surface area (Å²) in [7, 11) is 0. The Bertz CT molecular complexity index is 341. The third-order valence-corrected chi connectivity index (χ3v) is 2.98. The van der Waals surface area contributed by atoms with Gasteiger partial charge in [0.2, 0.25) is 0 Å². The van der Waals surface area contributed by atoms with Gasteiger partial charge < -0.3 is 5.32 Å². The minimum absolute atomic E-state index is 0.0164. The number of benzene rings is 1. The normalized spacial score (nSPS) is 9.93. The highest BCUT2D eigenvalue weighted by Crippen LogP contribution is 2.17. The van der Waals surface area contributed by atoms with Crippen molar-refractivity contribution in [1.29, 1.82) is 0 Å². The van der Waals surface area contributed by atoms with E-state index in [0.717, 1.165) is 14.5 Å². The Labute approximate surface area is 106 Å². The highest BCUT2D eigenvalue weighted by Gasteiger charge is 2.08. The van der Waals surface area contributed by atoms with Crippen molar-refractivity contribution in [3.63, 3.8) is 0 Å². The molecule has 1 aromatic rings. The van der Waals surface area contributed by atoms with E-state index in [4.69, 9.17) is 0 Å². The van der Waals surface area contributed by atoms with Gasteiger partial charge in [0.1, 0.15) is 0 Å². The van der Waals surface area contributed by atoms with Gasteiger partial charge in [-0.3, -0.25) is 4.79 Å². The summed E-state index contributed by atoms with van der Waals surface area (Å²) in [4.78, 5) is 11.6. The fourth-order valence-corrected chi connectivity index (χ4v) is 1.77. The van der Waals surface area contributed by atoms with E-state index < -0.39 is 0 Å². The minimum atomic E-state index is -0.0164. The van der Waals surface area contributed by atoms with Crippen molar-refractivity contribution in [1.82, 2.24) is 5.32 Å². The highest BCUT2D eigenvalue weighted by atomic mass is 127. The molecule has 0 aliphatic heterocycles. The zero-order valence-electron chi connectivity index (χ0n) is 7.81. The molecule has 4 heteroatoms. The van der Waals surface area contributed by atoms with Gasteiger partial charge in [-0.15, -0.1) is 0 Å². The highest BCUT2D eigenvalue weighted by molar-refractivity contribution is 14.1. The molecule has 0 bridgehead atoms. The molecule has 0 radical (unpaired) electrons. The van der Waals surface area contributed by atoms with E-state index in [1.165, 1.54) is 0 Å². The van der Waals surface area contributed by atoms with Crippen LogP contribution in [0, 0.1) is 6.92 Å². The van der Waals surface area contributed by atoms with E-state index in [2.05, 4.69) is 43.8 Å². The van der Waals surface area contributed by atoms with Crippen LogP contribution in [0.2, 0.25) is 0 Å². The first-order valence-corrected chi connectivity index (χ1v) is 6.57. The maximum absolute atomic E-state index is 11.6. The van der Waals surface area contributed by atoms with Gasteiger partial charge in [0.05, 0.1) is 5.56 Å². The van der Waals surface area contributed by atoms with Crippen LogP contribution in [0.3, 0.4) is 0 Å². The first-order valence-electron chi connectivity index (χ1n) is 4.25. The number of nitrogens with one attached hydrogen (secondary N) is 1. The first-order chi connectivity index (χ1) is 6.65. The fourth-order valence-electron chi connectivity index (χ4n) is 1.07. The second kappa shape index (κ2) is 5.70. The maximum atomic E-state index is 11.6. The van der Waals surface area contributed by atoms with Crippen LogP contribution in [-0.4, -0.2) is 16.9 Å². The summed E-state index contributed by atoms with van der Waals surface area (Å²) in [5.41, 5.74) is 1.79. The molecule has 1 rings (SSSR count). The molecule has 1 N–H and O–H groups in total. The van der Waals surface area contributed by atoms with Crippen LogP contribution in [-0.2, 0) is 0 Å². The number of aryl methyl sites for hydroxylation is 1. The lowest BCUT2D eigenvalue weighted by Crippen LogP contribution is -2.25. The average molecular weight is 368 g/mol. The summed E-state index contributed by atoms with van der Waals surface area (Å²) >= 11 is 5.59. The summed E-state index contributed by atoms with van der Waals surface area (Å²) in [6.45, 7) is 2.68. The van der Waals surface area contributed by atoms with Crippen LogP contribution >= 0.6 is 38.5 Å². The van der Waals surface area contributed by atoms with Crippen molar-refractivity contribution < 1.29 is 4.79 Å². The molecule has 0 unspecified atom stereocenters. The third-order valence-electron chi connectivity index (χ3n) is 1.75. The quantitative estimate of drug-likeness (QED) is 0.646. The van der Waals surface area contributed by atoms with Gasteiger partial charge in [-0.2, -0.15) is 0 Å². The van der Waals surface area contributed by atoms with Crippen molar-refractivity contribution >= 4 is 44.4 Å². The van der Waals surface area contributed by atoms with Gasteiger partial charge in [0.25, 0.3) is 5.91 Å². The molecule has 0 aromatic heterocycles. The van der Waals surface area contributed by atoms with E-state index >= 15 is 0 Å². The predicted octanol–water partition coefficient (Wildman–Crippen LogP) is 2.92. The van der Waals surface area contributed by atoms with E-state index in [1.54, 1.807) is 0 Å². The zero-order valence-corrected chi connectivity index (χ0v) is 11.6. The van der Waals surface area contributed by atoms with Crippen molar-refractivity contribution in [2.24, 2.45) is 0 Å². The second-order valence-corrected chi connectivity index (χ2v) is 4.86. The summed E-state index contributed by atoms with van der Waals surface area (Å²) in [5.74, 6) is -0.0164. The van der Waals surface area contributed by atoms with Gasteiger partial charge in [0, 0.05) is 15.4 Å². The molecule has 76 valence electrons. The number of carbonyl (C=O) groups is 1. The van der Waals surface area contributed by atoms with Crippen LogP contribution in [0.4, 0.5) is 0 Å². The summed E-state index contributed by atoms with van der Waals surface area (Å²) in [6.07, 6.45) is 0. The Kier molecular flexibility index (Phi) is 4.88. The number of halogens is 2. The van der Waals surface area contributed by atoms with Gasteiger partial charge in [-0.05, 0) is 35.0 Å². The van der Waals surface area contributed by atoms with Crippen molar-refractivity contribution in [2.45, 2.75) is 6.92 Å². The molecule has 0 saturated carbocycles. The summed E-state index contributed by atoms with van der Waals surface area (Å²) in [6, 6.07) is 5.75. The Morgan fingerprint density at radius 1 is 1.57 bits per heavy atom. The number of amides is 1. The van der Waals surface area contributed by atoms with Crippen molar-refractivity contribution in [3.8, 4) is 0 Å². The molecule has 0 aliphatic rings. The van der Waals surface area contributed by atoms with Crippen LogP contribution in [0.25, 0.3) is 0 Å². The molecule has 0 fully saturated rings. The van der Waals surface area contributed by atoms with Crippen LogP contribution in [0.15, 0.2) is 22.7 Å². The Morgan fingerprint density at radius 3 is 2.93 bits per heavy atom. The van der Waals surface area contributed by atoms with Gasteiger partial charge in [0.15, 0.2) is 0 Å².